The van der Waals surface area contributed by atoms with Crippen LogP contribution in [0.4, 0.5) is 0 Å². The Labute approximate surface area is 67.6 Å². The summed E-state index contributed by atoms with van der Waals surface area (Å²) >= 11 is 2.44. The fourth-order valence-corrected chi connectivity index (χ4v) is 1.41. The number of fused-ring (bicyclic) bond motifs is 1. The van der Waals surface area contributed by atoms with Crippen molar-refractivity contribution in [3.63, 3.8) is 0 Å². The Balaban J connectivity index is 2.93. The summed E-state index contributed by atoms with van der Waals surface area (Å²) in [5.74, 6) is 0. The minimum absolute atomic E-state index is 1.04. The van der Waals surface area contributed by atoms with E-state index in [9.17, 15) is 0 Å². The molecule has 0 aliphatic carbocycles. The molecule has 2 radical (unpaired) electrons. The number of rotatable bonds is 0. The molecule has 3 heteroatoms. The number of nitrogens with zero attached hydrogens (tertiary/aromatic N) is 2. The van der Waals surface area contributed by atoms with Gasteiger partial charge in [0.05, 0.1) is 0 Å². The third-order valence-electron chi connectivity index (χ3n) is 1.43. The molecular weight excluding hydrogens is 187 g/mol. The summed E-state index contributed by atoms with van der Waals surface area (Å²) in [5.41, 5.74) is 2.20. The normalized spacial score (nSPS) is 10.5. The van der Waals surface area contributed by atoms with Gasteiger partial charge < -0.3 is 0 Å². The fourth-order valence-electron chi connectivity index (χ4n) is 0.946. The zero-order valence-electron chi connectivity index (χ0n) is 5.23. The maximum atomic E-state index is 4.17. The Morgan fingerprint density at radius 2 is 2.10 bits per heavy atom. The summed E-state index contributed by atoms with van der Waals surface area (Å²) < 4.78 is 1.95. The predicted octanol–water partition coefficient (Wildman–Crippen LogP) is 0.968. The van der Waals surface area contributed by atoms with Gasteiger partial charge in [-0.15, -0.1) is 0 Å². The molecule has 0 unspecified atom stereocenters. The summed E-state index contributed by atoms with van der Waals surface area (Å²) in [7, 11) is 0. The zero-order valence-corrected chi connectivity index (χ0v) is 7.10. The van der Waals surface area contributed by atoms with Crippen molar-refractivity contribution in [2.45, 2.75) is 0 Å². The first-order valence-electron chi connectivity index (χ1n) is 2.99. The Hall–Kier alpha value is -0.752. The van der Waals surface area contributed by atoms with E-state index in [1.54, 1.807) is 6.33 Å². The number of aromatic nitrogens is 2. The van der Waals surface area contributed by atoms with Gasteiger partial charge in [0.15, 0.2) is 0 Å². The van der Waals surface area contributed by atoms with Gasteiger partial charge in [-0.05, 0) is 0 Å². The first-order valence-corrected chi connectivity index (χ1v) is 3.83. The van der Waals surface area contributed by atoms with Gasteiger partial charge in [-0.2, -0.15) is 0 Å². The molecule has 2 aromatic rings. The summed E-state index contributed by atoms with van der Waals surface area (Å²) in [6.45, 7) is 0. The van der Waals surface area contributed by atoms with Crippen molar-refractivity contribution in [3.8, 4) is 0 Å². The second kappa shape index (κ2) is 2.13. The SMILES string of the molecule is [As]n1cnc2ccccc21. The molecule has 0 N–H and O–H groups in total. The molecule has 0 fully saturated rings. The van der Waals surface area contributed by atoms with Gasteiger partial charge in [-0.25, -0.2) is 0 Å². The van der Waals surface area contributed by atoms with Gasteiger partial charge in [0.25, 0.3) is 0 Å². The molecule has 0 saturated carbocycles. The molecular formula is C7H5AsN2. The van der Waals surface area contributed by atoms with Gasteiger partial charge >= 0.3 is 67.2 Å². The van der Waals surface area contributed by atoms with Crippen LogP contribution in [-0.4, -0.2) is 25.5 Å². The third kappa shape index (κ3) is 0.764. The second-order valence-electron chi connectivity index (χ2n) is 2.08. The van der Waals surface area contributed by atoms with Crippen molar-refractivity contribution in [1.82, 2.24) is 8.47 Å². The van der Waals surface area contributed by atoms with Crippen LogP contribution in [0.5, 0.6) is 0 Å². The number of para-hydroxylation sites is 2. The molecule has 1 aromatic carbocycles. The van der Waals surface area contributed by atoms with E-state index in [0.717, 1.165) is 11.0 Å². The van der Waals surface area contributed by atoms with Crippen LogP contribution in [0.3, 0.4) is 0 Å². The molecule has 0 aliphatic rings. The Kier molecular flexibility index (Phi) is 1.28. The van der Waals surface area contributed by atoms with E-state index in [2.05, 4.69) is 22.1 Å². The van der Waals surface area contributed by atoms with Crippen LogP contribution in [0.15, 0.2) is 30.6 Å². The van der Waals surface area contributed by atoms with E-state index in [-0.39, 0.29) is 0 Å². The van der Waals surface area contributed by atoms with Crippen molar-refractivity contribution < 1.29 is 0 Å². The molecule has 10 heavy (non-hydrogen) atoms. The van der Waals surface area contributed by atoms with E-state index in [1.807, 2.05) is 27.7 Å². The average Bonchev–Trinajstić information content (AvgIpc) is 2.34. The molecule has 0 saturated heterocycles. The summed E-state index contributed by atoms with van der Waals surface area (Å²) in [6.07, 6.45) is 1.80. The molecule has 0 aliphatic heterocycles. The van der Waals surface area contributed by atoms with Crippen molar-refractivity contribution in [3.05, 3.63) is 30.6 Å². The number of imidazole rings is 1. The topological polar surface area (TPSA) is 17.8 Å². The Morgan fingerprint density at radius 1 is 1.30 bits per heavy atom. The van der Waals surface area contributed by atoms with Crippen molar-refractivity contribution in [2.24, 2.45) is 0 Å². The number of benzene rings is 1. The van der Waals surface area contributed by atoms with Crippen LogP contribution >= 0.6 is 0 Å². The molecule has 48 valence electrons. The first-order chi connectivity index (χ1) is 4.88. The molecule has 0 spiro atoms. The van der Waals surface area contributed by atoms with Gasteiger partial charge in [0, 0.05) is 0 Å². The van der Waals surface area contributed by atoms with Gasteiger partial charge in [0.1, 0.15) is 0 Å². The van der Waals surface area contributed by atoms with Crippen molar-refractivity contribution >= 4 is 28.1 Å². The number of hydrogen-bond acceptors (Lipinski definition) is 1. The molecule has 1 aromatic heterocycles. The monoisotopic (exact) mass is 192 g/mol. The molecule has 2 rings (SSSR count). The average molecular weight is 192 g/mol. The van der Waals surface area contributed by atoms with Gasteiger partial charge in [-0.1, -0.05) is 0 Å². The van der Waals surface area contributed by atoms with Crippen LogP contribution in [0.2, 0.25) is 0 Å². The van der Waals surface area contributed by atoms with Crippen LogP contribution in [0.25, 0.3) is 11.0 Å². The van der Waals surface area contributed by atoms with E-state index >= 15 is 0 Å². The number of hydrogen-bond donors (Lipinski definition) is 0. The Bertz CT molecular complexity index is 353. The van der Waals surface area contributed by atoms with Gasteiger partial charge in [0.2, 0.25) is 0 Å². The molecule has 0 atom stereocenters. The van der Waals surface area contributed by atoms with Crippen LogP contribution in [0.1, 0.15) is 0 Å². The van der Waals surface area contributed by atoms with Crippen molar-refractivity contribution in [1.29, 1.82) is 0 Å². The van der Waals surface area contributed by atoms with Gasteiger partial charge in [-0.3, -0.25) is 0 Å². The first kappa shape index (κ1) is 5.99. The van der Waals surface area contributed by atoms with E-state index in [1.165, 1.54) is 0 Å². The Morgan fingerprint density at radius 3 is 2.90 bits per heavy atom. The third-order valence-corrected chi connectivity index (χ3v) is 2.10. The summed E-state index contributed by atoms with van der Waals surface area (Å²) in [5, 5.41) is 0. The van der Waals surface area contributed by atoms with E-state index in [0.29, 0.717) is 0 Å². The predicted molar refractivity (Wildman–Crippen MR) is 40.9 cm³/mol. The zero-order chi connectivity index (χ0) is 6.97. The minimum atomic E-state index is 1.04. The second-order valence-corrected chi connectivity index (χ2v) is 2.98. The van der Waals surface area contributed by atoms with E-state index < -0.39 is 0 Å². The molecule has 0 amide bonds. The van der Waals surface area contributed by atoms with Crippen LogP contribution < -0.4 is 0 Å². The van der Waals surface area contributed by atoms with Crippen molar-refractivity contribution in [2.75, 3.05) is 0 Å². The standard InChI is InChI=1S/C7H5AsN2/c8-10-5-9-6-3-1-2-4-7(6)10/h1-5H. The fraction of sp³-hybridized carbons (Fsp3) is 0. The molecule has 0 bridgehead atoms. The quantitative estimate of drug-likeness (QED) is 0.568. The van der Waals surface area contributed by atoms with Crippen LogP contribution in [-0.2, 0) is 0 Å². The maximum absolute atomic E-state index is 4.17. The van der Waals surface area contributed by atoms with Crippen LogP contribution in [0, 0.1) is 0 Å². The molecule has 1 heterocycles. The van der Waals surface area contributed by atoms with E-state index in [4.69, 9.17) is 0 Å². The summed E-state index contributed by atoms with van der Waals surface area (Å²) in [6, 6.07) is 8.04. The summed E-state index contributed by atoms with van der Waals surface area (Å²) in [4.78, 5) is 4.17. The molecule has 2 nitrogen and oxygen atoms in total.